The highest BCUT2D eigenvalue weighted by molar-refractivity contribution is 5.52. The summed E-state index contributed by atoms with van der Waals surface area (Å²) in [4.78, 5) is 0. The monoisotopic (exact) mass is 224 g/mol. The summed E-state index contributed by atoms with van der Waals surface area (Å²) in [6, 6.07) is 18.5. The lowest BCUT2D eigenvalue weighted by Gasteiger charge is -2.00. The maximum Gasteiger partial charge on any atom is 0.119 e. The van der Waals surface area contributed by atoms with Crippen molar-refractivity contribution < 1.29 is 4.74 Å². The predicted molar refractivity (Wildman–Crippen MR) is 72.2 cm³/mol. The van der Waals surface area contributed by atoms with E-state index in [9.17, 15) is 0 Å². The maximum atomic E-state index is 5.19. The first-order valence-corrected chi connectivity index (χ1v) is 5.73. The van der Waals surface area contributed by atoms with Crippen LogP contribution in [0.15, 0.2) is 60.7 Å². The second-order valence-corrected chi connectivity index (χ2v) is 3.87. The van der Waals surface area contributed by atoms with Gasteiger partial charge in [-0.3, -0.25) is 0 Å². The Hall–Kier alpha value is -2.02. The van der Waals surface area contributed by atoms with Crippen LogP contribution in [0.5, 0.6) is 5.75 Å². The van der Waals surface area contributed by atoms with Gasteiger partial charge in [-0.2, -0.15) is 0 Å². The highest BCUT2D eigenvalue weighted by Crippen LogP contribution is 2.14. The Morgan fingerprint density at radius 1 is 1.00 bits per heavy atom. The van der Waals surface area contributed by atoms with Crippen LogP contribution >= 0.6 is 0 Å². The first-order valence-electron chi connectivity index (χ1n) is 5.73. The van der Waals surface area contributed by atoms with E-state index >= 15 is 0 Å². The second-order valence-electron chi connectivity index (χ2n) is 3.87. The van der Waals surface area contributed by atoms with Crippen molar-refractivity contribution in [2.45, 2.75) is 6.42 Å². The Labute approximate surface area is 102 Å². The van der Waals surface area contributed by atoms with Crippen LogP contribution < -0.4 is 4.74 Å². The molecule has 0 fully saturated rings. The molecule has 2 aromatic rings. The number of benzene rings is 2. The molecule has 17 heavy (non-hydrogen) atoms. The van der Waals surface area contributed by atoms with Gasteiger partial charge in [0.25, 0.3) is 0 Å². The predicted octanol–water partition coefficient (Wildman–Crippen LogP) is 3.95. The van der Waals surface area contributed by atoms with E-state index in [0.717, 1.165) is 12.2 Å². The number of allylic oxidation sites excluding steroid dienone is 1. The van der Waals surface area contributed by atoms with E-state index in [4.69, 9.17) is 4.74 Å². The quantitative estimate of drug-likeness (QED) is 0.764. The van der Waals surface area contributed by atoms with Crippen LogP contribution in [0.3, 0.4) is 0 Å². The number of rotatable bonds is 4. The molecule has 0 heterocycles. The summed E-state index contributed by atoms with van der Waals surface area (Å²) >= 11 is 0. The molecule has 1 heteroatoms. The van der Waals surface area contributed by atoms with Crippen LogP contribution in [-0.2, 0) is 6.42 Å². The molecule has 0 aliphatic carbocycles. The molecule has 0 bridgehead atoms. The molecule has 0 radical (unpaired) electrons. The van der Waals surface area contributed by atoms with Gasteiger partial charge in [0, 0.05) is 0 Å². The van der Waals surface area contributed by atoms with Crippen LogP contribution in [0.1, 0.15) is 11.1 Å². The topological polar surface area (TPSA) is 9.23 Å². The van der Waals surface area contributed by atoms with Gasteiger partial charge in [0.1, 0.15) is 5.75 Å². The van der Waals surface area contributed by atoms with Gasteiger partial charge in [0.2, 0.25) is 0 Å². The van der Waals surface area contributed by atoms with Crippen molar-refractivity contribution in [1.29, 1.82) is 0 Å². The molecule has 86 valence electrons. The van der Waals surface area contributed by atoms with Crippen LogP contribution in [0.4, 0.5) is 0 Å². The van der Waals surface area contributed by atoms with Gasteiger partial charge >= 0.3 is 0 Å². The van der Waals surface area contributed by atoms with Crippen LogP contribution in [-0.4, -0.2) is 7.11 Å². The molecular formula is C16H16O. The fourth-order valence-electron chi connectivity index (χ4n) is 1.69. The van der Waals surface area contributed by atoms with Crippen molar-refractivity contribution in [3.8, 4) is 5.75 Å². The van der Waals surface area contributed by atoms with Gasteiger partial charge in [-0.15, -0.1) is 0 Å². The summed E-state index contributed by atoms with van der Waals surface area (Å²) in [6.07, 6.45) is 5.25. The smallest absolute Gasteiger partial charge is 0.119 e. The zero-order chi connectivity index (χ0) is 11.9. The summed E-state index contributed by atoms with van der Waals surface area (Å²) in [6.45, 7) is 0. The highest BCUT2D eigenvalue weighted by atomic mass is 16.5. The lowest BCUT2D eigenvalue weighted by atomic mass is 10.1. The Kier molecular flexibility index (Phi) is 3.98. The Bertz CT molecular complexity index is 486. The Morgan fingerprint density at radius 2 is 1.82 bits per heavy atom. The summed E-state index contributed by atoms with van der Waals surface area (Å²) < 4.78 is 5.19. The Morgan fingerprint density at radius 3 is 2.59 bits per heavy atom. The molecule has 0 saturated carbocycles. The SMILES string of the molecule is COc1cccc(C=CCc2ccccc2)c1. The zero-order valence-electron chi connectivity index (χ0n) is 9.97. The molecule has 0 aromatic heterocycles. The minimum Gasteiger partial charge on any atom is -0.497 e. The van der Waals surface area contributed by atoms with Gasteiger partial charge < -0.3 is 4.74 Å². The van der Waals surface area contributed by atoms with E-state index in [0.29, 0.717) is 0 Å². The van der Waals surface area contributed by atoms with Gasteiger partial charge in [0.05, 0.1) is 7.11 Å². The first-order chi connectivity index (χ1) is 8.38. The lowest BCUT2D eigenvalue weighted by molar-refractivity contribution is 0.414. The number of hydrogen-bond donors (Lipinski definition) is 0. The van der Waals surface area contributed by atoms with E-state index in [1.165, 1.54) is 11.1 Å². The maximum absolute atomic E-state index is 5.19. The van der Waals surface area contributed by atoms with Gasteiger partial charge in [-0.25, -0.2) is 0 Å². The normalized spacial score (nSPS) is 10.6. The third kappa shape index (κ3) is 3.49. The molecule has 1 nitrogen and oxygen atoms in total. The summed E-state index contributed by atoms with van der Waals surface area (Å²) in [7, 11) is 1.69. The fourth-order valence-corrected chi connectivity index (χ4v) is 1.69. The van der Waals surface area contributed by atoms with E-state index in [-0.39, 0.29) is 0 Å². The largest absolute Gasteiger partial charge is 0.497 e. The van der Waals surface area contributed by atoms with E-state index in [2.05, 4.69) is 42.5 Å². The summed E-state index contributed by atoms with van der Waals surface area (Å²) in [5.41, 5.74) is 2.49. The average molecular weight is 224 g/mol. The molecular weight excluding hydrogens is 208 g/mol. The van der Waals surface area contributed by atoms with E-state index in [1.54, 1.807) is 7.11 Å². The van der Waals surface area contributed by atoms with E-state index in [1.807, 2.05) is 24.3 Å². The van der Waals surface area contributed by atoms with Crippen molar-refractivity contribution in [2.24, 2.45) is 0 Å². The second kappa shape index (κ2) is 5.90. The first kappa shape index (κ1) is 11.5. The standard InChI is InChI=1S/C16H16O/c1-17-16-12-6-11-15(13-16)10-5-9-14-7-3-2-4-8-14/h2-8,10-13H,9H2,1H3. The van der Waals surface area contributed by atoms with Crippen LogP contribution in [0, 0.1) is 0 Å². The zero-order valence-corrected chi connectivity index (χ0v) is 9.97. The molecule has 2 aromatic carbocycles. The van der Waals surface area contributed by atoms with Crippen molar-refractivity contribution >= 4 is 6.08 Å². The molecule has 0 aliphatic rings. The molecule has 0 saturated heterocycles. The van der Waals surface area contributed by atoms with Gasteiger partial charge in [-0.1, -0.05) is 54.6 Å². The third-order valence-corrected chi connectivity index (χ3v) is 2.60. The third-order valence-electron chi connectivity index (χ3n) is 2.60. The average Bonchev–Trinajstić information content (AvgIpc) is 2.40. The minimum atomic E-state index is 0.895. The van der Waals surface area contributed by atoms with Gasteiger partial charge in [-0.05, 0) is 29.7 Å². The van der Waals surface area contributed by atoms with Crippen LogP contribution in [0.2, 0.25) is 0 Å². The molecule has 0 spiro atoms. The molecule has 0 aliphatic heterocycles. The van der Waals surface area contributed by atoms with Crippen molar-refractivity contribution in [1.82, 2.24) is 0 Å². The Balaban J connectivity index is 2.00. The van der Waals surface area contributed by atoms with Crippen molar-refractivity contribution in [2.75, 3.05) is 7.11 Å². The van der Waals surface area contributed by atoms with E-state index < -0.39 is 0 Å². The number of hydrogen-bond acceptors (Lipinski definition) is 1. The lowest BCUT2D eigenvalue weighted by Crippen LogP contribution is -1.83. The van der Waals surface area contributed by atoms with Crippen molar-refractivity contribution in [3.05, 3.63) is 71.8 Å². The summed E-state index contributed by atoms with van der Waals surface area (Å²) in [5.74, 6) is 0.895. The van der Waals surface area contributed by atoms with Crippen LogP contribution in [0.25, 0.3) is 6.08 Å². The molecule has 0 atom stereocenters. The number of ether oxygens (including phenoxy) is 1. The van der Waals surface area contributed by atoms with Crippen molar-refractivity contribution in [3.63, 3.8) is 0 Å². The molecule has 0 amide bonds. The van der Waals surface area contributed by atoms with Gasteiger partial charge in [0.15, 0.2) is 0 Å². The number of methoxy groups -OCH3 is 1. The molecule has 0 unspecified atom stereocenters. The summed E-state index contributed by atoms with van der Waals surface area (Å²) in [5, 5.41) is 0. The fraction of sp³-hybridized carbons (Fsp3) is 0.125. The molecule has 2 rings (SSSR count). The minimum absolute atomic E-state index is 0.895. The molecule has 0 N–H and O–H groups in total. The highest BCUT2D eigenvalue weighted by Gasteiger charge is 1.91.